The topological polar surface area (TPSA) is 62.9 Å². The molecule has 0 amide bonds. The van der Waals surface area contributed by atoms with E-state index < -0.39 is 0 Å². The van der Waals surface area contributed by atoms with Crippen molar-refractivity contribution in [3.05, 3.63) is 23.8 Å². The summed E-state index contributed by atoms with van der Waals surface area (Å²) in [6.07, 6.45) is 0. The zero-order valence-corrected chi connectivity index (χ0v) is 13.6. The van der Waals surface area contributed by atoms with Crippen LogP contribution in [-0.2, 0) is 9.47 Å². The van der Waals surface area contributed by atoms with Crippen LogP contribution in [0.2, 0.25) is 0 Å². The van der Waals surface area contributed by atoms with Crippen molar-refractivity contribution in [1.82, 2.24) is 0 Å². The number of hydrogen-bond donors (Lipinski definition) is 1. The van der Waals surface area contributed by atoms with Gasteiger partial charge < -0.3 is 24.7 Å². The van der Waals surface area contributed by atoms with E-state index in [1.54, 1.807) is 14.2 Å². The fourth-order valence-corrected chi connectivity index (χ4v) is 1.83. The second-order valence-electron chi connectivity index (χ2n) is 5.75. The van der Waals surface area contributed by atoms with Gasteiger partial charge in [-0.05, 0) is 32.9 Å². The van der Waals surface area contributed by atoms with Crippen LogP contribution in [-0.4, -0.2) is 39.6 Å². The molecule has 0 heterocycles. The number of nitrogens with two attached hydrogens (primary N) is 1. The van der Waals surface area contributed by atoms with Crippen molar-refractivity contribution >= 4 is 0 Å². The van der Waals surface area contributed by atoms with Crippen LogP contribution in [0.15, 0.2) is 18.2 Å². The predicted octanol–water partition coefficient (Wildman–Crippen LogP) is 2.54. The molecule has 1 aromatic carbocycles. The highest BCUT2D eigenvalue weighted by Crippen LogP contribution is 2.28. The molecule has 1 unspecified atom stereocenters. The minimum atomic E-state index is -0.250. The molecule has 2 N–H and O–H groups in total. The Morgan fingerprint density at radius 1 is 1.10 bits per heavy atom. The summed E-state index contributed by atoms with van der Waals surface area (Å²) in [6, 6.07) is 5.33. The van der Waals surface area contributed by atoms with Gasteiger partial charge in [0.2, 0.25) is 0 Å². The van der Waals surface area contributed by atoms with Crippen molar-refractivity contribution in [2.24, 2.45) is 5.73 Å². The summed E-state index contributed by atoms with van der Waals surface area (Å²) in [6.45, 7) is 7.53. The van der Waals surface area contributed by atoms with Crippen LogP contribution in [0.4, 0.5) is 0 Å². The number of methoxy groups -OCH3 is 2. The molecule has 5 nitrogen and oxygen atoms in total. The van der Waals surface area contributed by atoms with Crippen molar-refractivity contribution in [2.45, 2.75) is 32.4 Å². The zero-order valence-electron chi connectivity index (χ0n) is 13.6. The fourth-order valence-electron chi connectivity index (χ4n) is 1.83. The third kappa shape index (κ3) is 6.33. The molecule has 0 aliphatic rings. The molecule has 5 heteroatoms. The van der Waals surface area contributed by atoms with E-state index in [2.05, 4.69) is 0 Å². The molecule has 0 aromatic heterocycles. The summed E-state index contributed by atoms with van der Waals surface area (Å²) in [4.78, 5) is 0. The Balaban J connectivity index is 2.46. The summed E-state index contributed by atoms with van der Waals surface area (Å²) in [5, 5.41) is 0. The van der Waals surface area contributed by atoms with Crippen molar-refractivity contribution < 1.29 is 18.9 Å². The van der Waals surface area contributed by atoms with Crippen molar-refractivity contribution in [2.75, 3.05) is 34.0 Å². The summed E-state index contributed by atoms with van der Waals surface area (Å²) in [7, 11) is 3.23. The van der Waals surface area contributed by atoms with Gasteiger partial charge in [0.25, 0.3) is 0 Å². The molecular formula is C16H27NO4. The lowest BCUT2D eigenvalue weighted by molar-refractivity contribution is -0.0364. The van der Waals surface area contributed by atoms with Crippen LogP contribution in [0.3, 0.4) is 0 Å². The first-order chi connectivity index (χ1) is 9.87. The van der Waals surface area contributed by atoms with E-state index in [4.69, 9.17) is 24.7 Å². The molecule has 120 valence electrons. The Morgan fingerprint density at radius 3 is 2.38 bits per heavy atom. The van der Waals surface area contributed by atoms with Gasteiger partial charge in [0.1, 0.15) is 11.5 Å². The molecule has 0 fully saturated rings. The maximum Gasteiger partial charge on any atom is 0.127 e. The quantitative estimate of drug-likeness (QED) is 0.747. The minimum Gasteiger partial charge on any atom is -0.497 e. The molecule has 1 aromatic rings. The molecule has 21 heavy (non-hydrogen) atoms. The largest absolute Gasteiger partial charge is 0.497 e. The van der Waals surface area contributed by atoms with Crippen LogP contribution in [0.25, 0.3) is 0 Å². The Bertz CT molecular complexity index is 429. The zero-order chi connectivity index (χ0) is 15.9. The Morgan fingerprint density at radius 2 is 1.81 bits per heavy atom. The molecule has 0 aliphatic carbocycles. The first kappa shape index (κ1) is 17.8. The lowest BCUT2D eigenvalue weighted by Crippen LogP contribution is -2.23. The third-order valence-electron chi connectivity index (χ3n) is 2.90. The van der Waals surface area contributed by atoms with E-state index in [1.165, 1.54) is 0 Å². The van der Waals surface area contributed by atoms with Gasteiger partial charge in [0.05, 0.1) is 45.7 Å². The van der Waals surface area contributed by atoms with Gasteiger partial charge in [-0.15, -0.1) is 0 Å². The molecule has 1 atom stereocenters. The highest BCUT2D eigenvalue weighted by molar-refractivity contribution is 5.42. The minimum absolute atomic E-state index is 0.148. The van der Waals surface area contributed by atoms with E-state index in [-0.39, 0.29) is 11.6 Å². The normalized spacial score (nSPS) is 13.0. The van der Waals surface area contributed by atoms with Gasteiger partial charge in [-0.1, -0.05) is 0 Å². The van der Waals surface area contributed by atoms with E-state index in [0.29, 0.717) is 25.6 Å². The lowest BCUT2D eigenvalue weighted by Gasteiger charge is -2.20. The molecule has 0 radical (unpaired) electrons. The average molecular weight is 297 g/mol. The second-order valence-corrected chi connectivity index (χ2v) is 5.75. The van der Waals surface area contributed by atoms with Gasteiger partial charge in [0, 0.05) is 11.6 Å². The van der Waals surface area contributed by atoms with Crippen LogP contribution in [0, 0.1) is 0 Å². The molecule has 0 saturated carbocycles. The highest BCUT2D eigenvalue weighted by Gasteiger charge is 2.14. The number of benzene rings is 1. The predicted molar refractivity (Wildman–Crippen MR) is 83.0 cm³/mol. The van der Waals surface area contributed by atoms with E-state index in [0.717, 1.165) is 11.3 Å². The Hall–Kier alpha value is -1.30. The van der Waals surface area contributed by atoms with Gasteiger partial charge in [0.15, 0.2) is 0 Å². The van der Waals surface area contributed by atoms with E-state index in [1.807, 2.05) is 39.0 Å². The Labute approximate surface area is 127 Å². The van der Waals surface area contributed by atoms with Crippen LogP contribution < -0.4 is 15.2 Å². The lowest BCUT2D eigenvalue weighted by atomic mass is 10.1. The standard InChI is InChI=1S/C16H27NO4/c1-16(2,3)21-9-8-20-11-14(17)13-7-6-12(18-4)10-15(13)19-5/h6-7,10,14H,8-9,11,17H2,1-5H3. The molecule has 0 saturated heterocycles. The first-order valence-electron chi connectivity index (χ1n) is 7.06. The SMILES string of the molecule is COc1ccc(C(N)COCCOC(C)(C)C)c(OC)c1. The molecule has 0 spiro atoms. The van der Waals surface area contributed by atoms with E-state index >= 15 is 0 Å². The van der Waals surface area contributed by atoms with Gasteiger partial charge >= 0.3 is 0 Å². The van der Waals surface area contributed by atoms with Crippen molar-refractivity contribution in [1.29, 1.82) is 0 Å². The second kappa shape index (κ2) is 8.22. The Kier molecular flexibility index (Phi) is 6.95. The summed E-state index contributed by atoms with van der Waals surface area (Å²) in [5.74, 6) is 1.44. The summed E-state index contributed by atoms with van der Waals surface area (Å²) >= 11 is 0. The van der Waals surface area contributed by atoms with Gasteiger partial charge in [-0.2, -0.15) is 0 Å². The van der Waals surface area contributed by atoms with E-state index in [9.17, 15) is 0 Å². The number of ether oxygens (including phenoxy) is 4. The fraction of sp³-hybridized carbons (Fsp3) is 0.625. The summed E-state index contributed by atoms with van der Waals surface area (Å²) in [5.41, 5.74) is 6.89. The number of rotatable bonds is 8. The smallest absolute Gasteiger partial charge is 0.127 e. The van der Waals surface area contributed by atoms with Gasteiger partial charge in [-0.3, -0.25) is 0 Å². The van der Waals surface area contributed by atoms with Crippen LogP contribution in [0.1, 0.15) is 32.4 Å². The highest BCUT2D eigenvalue weighted by atomic mass is 16.5. The molecule has 0 bridgehead atoms. The third-order valence-corrected chi connectivity index (χ3v) is 2.90. The van der Waals surface area contributed by atoms with Gasteiger partial charge in [-0.25, -0.2) is 0 Å². The van der Waals surface area contributed by atoms with Crippen LogP contribution in [0.5, 0.6) is 11.5 Å². The molecular weight excluding hydrogens is 270 g/mol. The maximum absolute atomic E-state index is 6.14. The van der Waals surface area contributed by atoms with Crippen molar-refractivity contribution in [3.63, 3.8) is 0 Å². The molecule has 1 rings (SSSR count). The molecule has 0 aliphatic heterocycles. The summed E-state index contributed by atoms with van der Waals surface area (Å²) < 4.78 is 21.7. The van der Waals surface area contributed by atoms with Crippen molar-refractivity contribution in [3.8, 4) is 11.5 Å². The first-order valence-corrected chi connectivity index (χ1v) is 7.06. The monoisotopic (exact) mass is 297 g/mol. The maximum atomic E-state index is 6.14. The average Bonchev–Trinajstić information content (AvgIpc) is 2.44. The van der Waals surface area contributed by atoms with Crippen LogP contribution >= 0.6 is 0 Å². The number of hydrogen-bond acceptors (Lipinski definition) is 5.